The van der Waals surface area contributed by atoms with E-state index < -0.39 is 0 Å². The van der Waals surface area contributed by atoms with E-state index in [0.29, 0.717) is 6.04 Å². The van der Waals surface area contributed by atoms with E-state index in [1.165, 1.54) is 37.7 Å². The van der Waals surface area contributed by atoms with Gasteiger partial charge in [0.05, 0.1) is 14.2 Å². The van der Waals surface area contributed by atoms with Crippen molar-refractivity contribution in [2.75, 3.05) is 20.8 Å². The van der Waals surface area contributed by atoms with Crippen molar-refractivity contribution in [3.63, 3.8) is 0 Å². The Morgan fingerprint density at radius 1 is 1.10 bits per heavy atom. The van der Waals surface area contributed by atoms with E-state index in [9.17, 15) is 0 Å². The van der Waals surface area contributed by atoms with E-state index in [2.05, 4.69) is 24.4 Å². The molecule has 118 valence electrons. The van der Waals surface area contributed by atoms with Gasteiger partial charge in [0.15, 0.2) is 11.5 Å². The lowest BCUT2D eigenvalue weighted by atomic mass is 9.81. The summed E-state index contributed by atoms with van der Waals surface area (Å²) in [5.41, 5.74) is 1.32. The first-order chi connectivity index (χ1) is 10.3. The molecule has 1 aliphatic rings. The monoisotopic (exact) mass is 291 g/mol. The zero-order chi connectivity index (χ0) is 15.1. The molecule has 1 fully saturated rings. The SMILES string of the molecule is CCNC(Cc1ccc(OC)c(OC)c1)C1CCCCC1. The quantitative estimate of drug-likeness (QED) is 0.829. The van der Waals surface area contributed by atoms with Crippen LogP contribution in [0.2, 0.25) is 0 Å². The van der Waals surface area contributed by atoms with Crippen LogP contribution in [0.1, 0.15) is 44.6 Å². The third kappa shape index (κ3) is 4.37. The largest absolute Gasteiger partial charge is 0.493 e. The molecule has 3 nitrogen and oxygen atoms in total. The van der Waals surface area contributed by atoms with Gasteiger partial charge in [0.2, 0.25) is 0 Å². The van der Waals surface area contributed by atoms with Gasteiger partial charge >= 0.3 is 0 Å². The van der Waals surface area contributed by atoms with Gasteiger partial charge in [0, 0.05) is 6.04 Å². The van der Waals surface area contributed by atoms with Gasteiger partial charge in [-0.3, -0.25) is 0 Å². The van der Waals surface area contributed by atoms with Crippen molar-refractivity contribution in [1.82, 2.24) is 5.32 Å². The van der Waals surface area contributed by atoms with Crippen molar-refractivity contribution in [1.29, 1.82) is 0 Å². The third-order valence-corrected chi connectivity index (χ3v) is 4.59. The van der Waals surface area contributed by atoms with Crippen LogP contribution in [0.5, 0.6) is 11.5 Å². The molecule has 0 bridgehead atoms. The smallest absolute Gasteiger partial charge is 0.160 e. The minimum Gasteiger partial charge on any atom is -0.493 e. The molecule has 3 heteroatoms. The molecule has 0 amide bonds. The molecule has 1 aromatic carbocycles. The first kappa shape index (κ1) is 16.2. The first-order valence-corrected chi connectivity index (χ1v) is 8.22. The number of ether oxygens (including phenoxy) is 2. The molecule has 1 unspecified atom stereocenters. The summed E-state index contributed by atoms with van der Waals surface area (Å²) in [5.74, 6) is 2.44. The summed E-state index contributed by atoms with van der Waals surface area (Å²) in [6.07, 6.45) is 7.98. The van der Waals surface area contributed by atoms with E-state index in [4.69, 9.17) is 9.47 Å². The number of rotatable bonds is 7. The van der Waals surface area contributed by atoms with Crippen LogP contribution in [0.15, 0.2) is 18.2 Å². The number of methoxy groups -OCH3 is 2. The van der Waals surface area contributed by atoms with Gasteiger partial charge in [-0.1, -0.05) is 32.3 Å². The van der Waals surface area contributed by atoms with E-state index in [0.717, 1.165) is 30.4 Å². The van der Waals surface area contributed by atoms with Crippen LogP contribution in [-0.4, -0.2) is 26.8 Å². The Bertz CT molecular complexity index is 427. The fraction of sp³-hybridized carbons (Fsp3) is 0.667. The van der Waals surface area contributed by atoms with E-state index >= 15 is 0 Å². The third-order valence-electron chi connectivity index (χ3n) is 4.59. The molecule has 1 aliphatic carbocycles. The van der Waals surface area contributed by atoms with Crippen molar-refractivity contribution in [3.05, 3.63) is 23.8 Å². The van der Waals surface area contributed by atoms with Crippen molar-refractivity contribution < 1.29 is 9.47 Å². The average Bonchev–Trinajstić information content (AvgIpc) is 2.55. The normalized spacial score (nSPS) is 17.5. The molecule has 21 heavy (non-hydrogen) atoms. The molecule has 0 radical (unpaired) electrons. The summed E-state index contributed by atoms with van der Waals surface area (Å²) in [6.45, 7) is 3.24. The Hall–Kier alpha value is -1.22. The second-order valence-corrected chi connectivity index (χ2v) is 5.96. The molecule has 0 spiro atoms. The standard InChI is InChI=1S/C18H29NO2/c1-4-19-16(15-8-6-5-7-9-15)12-14-10-11-17(20-2)18(13-14)21-3/h10-11,13,15-16,19H,4-9,12H2,1-3H3. The van der Waals surface area contributed by atoms with Gasteiger partial charge in [-0.25, -0.2) is 0 Å². The predicted molar refractivity (Wildman–Crippen MR) is 87.3 cm³/mol. The molecule has 0 heterocycles. The molecule has 1 aromatic rings. The molecule has 0 aromatic heterocycles. The molecule has 2 rings (SSSR count). The van der Waals surface area contributed by atoms with Crippen LogP contribution in [0, 0.1) is 5.92 Å². The zero-order valence-electron chi connectivity index (χ0n) is 13.7. The van der Waals surface area contributed by atoms with Gasteiger partial charge in [0.1, 0.15) is 0 Å². The lowest BCUT2D eigenvalue weighted by molar-refractivity contribution is 0.269. The highest BCUT2D eigenvalue weighted by molar-refractivity contribution is 5.43. The first-order valence-electron chi connectivity index (χ1n) is 8.22. The molecular formula is C18H29NO2. The molecule has 1 atom stereocenters. The van der Waals surface area contributed by atoms with Gasteiger partial charge in [-0.15, -0.1) is 0 Å². The van der Waals surface area contributed by atoms with Crippen molar-refractivity contribution in [3.8, 4) is 11.5 Å². The average molecular weight is 291 g/mol. The highest BCUT2D eigenvalue weighted by atomic mass is 16.5. The fourth-order valence-corrected chi connectivity index (χ4v) is 3.47. The zero-order valence-corrected chi connectivity index (χ0v) is 13.7. The maximum atomic E-state index is 5.42. The van der Waals surface area contributed by atoms with E-state index in [1.54, 1.807) is 14.2 Å². The van der Waals surface area contributed by atoms with Crippen LogP contribution >= 0.6 is 0 Å². The van der Waals surface area contributed by atoms with Crippen LogP contribution < -0.4 is 14.8 Å². The summed E-state index contributed by atoms with van der Waals surface area (Å²) in [7, 11) is 3.38. The van der Waals surface area contributed by atoms with Crippen LogP contribution in [0.25, 0.3) is 0 Å². The Balaban J connectivity index is 2.08. The van der Waals surface area contributed by atoms with Gasteiger partial charge in [-0.2, -0.15) is 0 Å². The van der Waals surface area contributed by atoms with Crippen LogP contribution in [0.4, 0.5) is 0 Å². The minimum absolute atomic E-state index is 0.577. The predicted octanol–water partition coefficient (Wildman–Crippen LogP) is 3.80. The Labute approximate surface area is 129 Å². The second kappa shape index (κ2) is 8.28. The molecule has 1 N–H and O–H groups in total. The maximum absolute atomic E-state index is 5.42. The van der Waals surface area contributed by atoms with Gasteiger partial charge in [-0.05, 0) is 49.4 Å². The van der Waals surface area contributed by atoms with Gasteiger partial charge < -0.3 is 14.8 Å². The topological polar surface area (TPSA) is 30.5 Å². The number of hydrogen-bond donors (Lipinski definition) is 1. The van der Waals surface area contributed by atoms with E-state index in [-0.39, 0.29) is 0 Å². The molecule has 0 saturated heterocycles. The summed E-state index contributed by atoms with van der Waals surface area (Å²) < 4.78 is 10.7. The number of hydrogen-bond acceptors (Lipinski definition) is 3. The Morgan fingerprint density at radius 2 is 1.81 bits per heavy atom. The second-order valence-electron chi connectivity index (χ2n) is 5.96. The van der Waals surface area contributed by atoms with Gasteiger partial charge in [0.25, 0.3) is 0 Å². The summed E-state index contributed by atoms with van der Waals surface area (Å²) in [4.78, 5) is 0. The van der Waals surface area contributed by atoms with E-state index in [1.807, 2.05) is 6.07 Å². The highest BCUT2D eigenvalue weighted by Gasteiger charge is 2.23. The van der Waals surface area contributed by atoms with Crippen molar-refractivity contribution in [2.24, 2.45) is 5.92 Å². The number of benzene rings is 1. The number of likely N-dealkylation sites (N-methyl/N-ethyl adjacent to an activating group) is 1. The number of nitrogens with one attached hydrogen (secondary N) is 1. The fourth-order valence-electron chi connectivity index (χ4n) is 3.47. The Morgan fingerprint density at radius 3 is 2.43 bits per heavy atom. The summed E-state index contributed by atoms with van der Waals surface area (Å²) in [5, 5.41) is 3.69. The Kier molecular flexibility index (Phi) is 6.37. The summed E-state index contributed by atoms with van der Waals surface area (Å²) >= 11 is 0. The lowest BCUT2D eigenvalue weighted by Gasteiger charge is -2.31. The van der Waals surface area contributed by atoms with Crippen LogP contribution in [0.3, 0.4) is 0 Å². The summed E-state index contributed by atoms with van der Waals surface area (Å²) in [6, 6.07) is 6.87. The van der Waals surface area contributed by atoms with Crippen molar-refractivity contribution >= 4 is 0 Å². The minimum atomic E-state index is 0.577. The van der Waals surface area contributed by atoms with Crippen LogP contribution in [-0.2, 0) is 6.42 Å². The highest BCUT2D eigenvalue weighted by Crippen LogP contribution is 2.31. The molecular weight excluding hydrogens is 262 g/mol. The molecule has 0 aliphatic heterocycles. The van der Waals surface area contributed by atoms with Crippen molar-refractivity contribution in [2.45, 2.75) is 51.5 Å². The maximum Gasteiger partial charge on any atom is 0.160 e. The lowest BCUT2D eigenvalue weighted by Crippen LogP contribution is -2.38. The molecule has 1 saturated carbocycles.